The predicted octanol–water partition coefficient (Wildman–Crippen LogP) is 5.30. The molecule has 148 valence electrons. The summed E-state index contributed by atoms with van der Waals surface area (Å²) < 4.78 is 16.9. The fraction of sp³-hybridized carbons (Fsp3) is 0. The molecule has 1 atom stereocenters. The molecule has 6 nitrogen and oxygen atoms in total. The minimum Gasteiger partial charge on any atom is -0.478 e. The molecule has 29 heavy (non-hydrogen) atoms. The maximum absolute atomic E-state index is 12.6. The zero-order chi connectivity index (χ0) is 21.0. The number of rotatable bonds is 6. The third-order valence-corrected chi connectivity index (χ3v) is 5.95. The van der Waals surface area contributed by atoms with Crippen molar-refractivity contribution in [2.75, 3.05) is 10.0 Å². The molecule has 0 aliphatic heterocycles. The Balaban J connectivity index is 1.78. The normalized spacial score (nSPS) is 11.5. The number of carbonyl (C=O) groups is 2. The molecular formula is C20H14Br2N2O4S. The fourth-order valence-electron chi connectivity index (χ4n) is 2.43. The molecule has 3 rings (SSSR count). The van der Waals surface area contributed by atoms with Crippen LogP contribution in [0, 0.1) is 0 Å². The quantitative estimate of drug-likeness (QED) is 0.397. The highest BCUT2D eigenvalue weighted by atomic mass is 79.9. The van der Waals surface area contributed by atoms with Gasteiger partial charge in [-0.05, 0) is 60.7 Å². The topological polar surface area (TPSA) is 95.5 Å². The molecule has 3 aromatic rings. The lowest BCUT2D eigenvalue weighted by Gasteiger charge is -2.10. The van der Waals surface area contributed by atoms with Crippen molar-refractivity contribution in [1.82, 2.24) is 0 Å². The highest BCUT2D eigenvalue weighted by molar-refractivity contribution is 9.10. The Morgan fingerprint density at radius 1 is 0.897 bits per heavy atom. The van der Waals surface area contributed by atoms with E-state index < -0.39 is 22.9 Å². The van der Waals surface area contributed by atoms with Gasteiger partial charge >= 0.3 is 5.97 Å². The summed E-state index contributed by atoms with van der Waals surface area (Å²) in [4.78, 5) is 24.4. The van der Waals surface area contributed by atoms with Gasteiger partial charge in [-0.25, -0.2) is 9.00 Å². The third-order valence-electron chi connectivity index (χ3n) is 3.83. The van der Waals surface area contributed by atoms with Gasteiger partial charge in [0.15, 0.2) is 0 Å². The van der Waals surface area contributed by atoms with Crippen LogP contribution in [0.15, 0.2) is 80.6 Å². The van der Waals surface area contributed by atoms with Crippen LogP contribution >= 0.6 is 31.9 Å². The zero-order valence-electron chi connectivity index (χ0n) is 14.7. The monoisotopic (exact) mass is 536 g/mol. The number of anilines is 2. The molecule has 3 aromatic carbocycles. The number of halogens is 2. The molecular weight excluding hydrogens is 524 g/mol. The van der Waals surface area contributed by atoms with Gasteiger partial charge in [-0.2, -0.15) is 0 Å². The Hall–Kier alpha value is -2.49. The molecule has 0 spiro atoms. The van der Waals surface area contributed by atoms with Crippen molar-refractivity contribution in [2.45, 2.75) is 4.90 Å². The van der Waals surface area contributed by atoms with Crippen LogP contribution in [0.3, 0.4) is 0 Å². The van der Waals surface area contributed by atoms with E-state index in [-0.39, 0.29) is 16.8 Å². The Bertz CT molecular complexity index is 1100. The molecule has 0 saturated heterocycles. The van der Waals surface area contributed by atoms with Crippen molar-refractivity contribution in [1.29, 1.82) is 0 Å². The maximum atomic E-state index is 12.6. The van der Waals surface area contributed by atoms with E-state index in [4.69, 9.17) is 0 Å². The van der Waals surface area contributed by atoms with Gasteiger partial charge in [0.05, 0.1) is 16.1 Å². The summed E-state index contributed by atoms with van der Waals surface area (Å²) in [6.45, 7) is 0. The highest BCUT2D eigenvalue weighted by Gasteiger charge is 2.15. The molecule has 0 heterocycles. The molecule has 9 heteroatoms. The third kappa shape index (κ3) is 5.53. The Kier molecular flexibility index (Phi) is 6.83. The van der Waals surface area contributed by atoms with Crippen LogP contribution in [0.4, 0.5) is 11.4 Å². The maximum Gasteiger partial charge on any atom is 0.337 e. The first kappa shape index (κ1) is 21.2. The van der Waals surface area contributed by atoms with E-state index in [0.717, 1.165) is 4.47 Å². The van der Waals surface area contributed by atoms with E-state index in [0.29, 0.717) is 15.1 Å². The van der Waals surface area contributed by atoms with Crippen LogP contribution in [0.5, 0.6) is 0 Å². The van der Waals surface area contributed by atoms with E-state index in [2.05, 4.69) is 41.9 Å². The number of nitrogens with one attached hydrogen (secondary N) is 2. The molecule has 0 radical (unpaired) electrons. The van der Waals surface area contributed by atoms with Gasteiger partial charge in [-0.15, -0.1) is 0 Å². The van der Waals surface area contributed by atoms with Gasteiger partial charge in [-0.1, -0.05) is 37.9 Å². The van der Waals surface area contributed by atoms with Crippen LogP contribution in [0.2, 0.25) is 0 Å². The number of carboxylic acids is 1. The number of benzene rings is 3. The number of amides is 1. The molecule has 0 fully saturated rings. The fourth-order valence-corrected chi connectivity index (χ4v) is 3.96. The van der Waals surface area contributed by atoms with Crippen molar-refractivity contribution >= 4 is 66.1 Å². The summed E-state index contributed by atoms with van der Waals surface area (Å²) in [5.74, 6) is -1.66. The number of hydrogen-bond acceptors (Lipinski definition) is 3. The molecule has 0 saturated carbocycles. The van der Waals surface area contributed by atoms with Gasteiger partial charge in [0.25, 0.3) is 5.91 Å². The first-order valence-corrected chi connectivity index (χ1v) is 11.0. The van der Waals surface area contributed by atoms with Crippen molar-refractivity contribution in [2.24, 2.45) is 0 Å². The molecule has 0 bridgehead atoms. The Morgan fingerprint density at radius 3 is 2.28 bits per heavy atom. The number of aromatic carboxylic acids is 1. The van der Waals surface area contributed by atoms with Crippen LogP contribution in [-0.4, -0.2) is 21.2 Å². The van der Waals surface area contributed by atoms with Gasteiger partial charge in [0.1, 0.15) is 11.0 Å². The number of hydrogen-bond donors (Lipinski definition) is 3. The number of carbonyl (C=O) groups excluding carboxylic acids is 1. The predicted molar refractivity (Wildman–Crippen MR) is 120 cm³/mol. The zero-order valence-corrected chi connectivity index (χ0v) is 18.7. The Morgan fingerprint density at radius 2 is 1.59 bits per heavy atom. The molecule has 1 amide bonds. The second kappa shape index (κ2) is 9.34. The smallest absolute Gasteiger partial charge is 0.337 e. The summed E-state index contributed by atoms with van der Waals surface area (Å²) in [6, 6.07) is 18.1. The van der Waals surface area contributed by atoms with Crippen molar-refractivity contribution in [3.05, 3.63) is 86.8 Å². The van der Waals surface area contributed by atoms with E-state index in [1.807, 2.05) is 12.1 Å². The number of carboxylic acid groups (broad SMARTS) is 1. The average Bonchev–Trinajstić information content (AvgIpc) is 2.71. The Labute approximate surface area is 186 Å². The lowest BCUT2D eigenvalue weighted by molar-refractivity contribution is 0.0698. The highest BCUT2D eigenvalue weighted by Crippen LogP contribution is 2.22. The second-order valence-electron chi connectivity index (χ2n) is 5.85. The van der Waals surface area contributed by atoms with Crippen molar-refractivity contribution in [3.63, 3.8) is 0 Å². The summed E-state index contributed by atoms with van der Waals surface area (Å²) >= 11 is 6.55. The standard InChI is InChI=1S/C20H14Br2N2O4S/c21-13-4-7-15(8-5-13)24-29(28)16-3-1-2-12(10-16)19(25)23-18-9-6-14(22)11-17(18)20(26)27/h1-11,24H,(H,23,25)(H,26,27). The molecule has 0 aliphatic carbocycles. The largest absolute Gasteiger partial charge is 0.478 e. The van der Waals surface area contributed by atoms with Gasteiger partial charge in [0, 0.05) is 20.2 Å². The minimum atomic E-state index is -1.57. The summed E-state index contributed by atoms with van der Waals surface area (Å²) in [6.07, 6.45) is 0. The lowest BCUT2D eigenvalue weighted by Crippen LogP contribution is -2.15. The van der Waals surface area contributed by atoms with Crippen LogP contribution in [0.1, 0.15) is 20.7 Å². The molecule has 0 aromatic heterocycles. The van der Waals surface area contributed by atoms with E-state index >= 15 is 0 Å². The van der Waals surface area contributed by atoms with Gasteiger partial charge in [0.2, 0.25) is 0 Å². The van der Waals surface area contributed by atoms with E-state index in [1.165, 1.54) is 18.2 Å². The SMILES string of the molecule is O=C(Nc1ccc(Br)cc1C(=O)O)c1cccc(S(=O)Nc2ccc(Br)cc2)c1. The second-order valence-corrected chi connectivity index (χ2v) is 8.90. The van der Waals surface area contributed by atoms with E-state index in [1.54, 1.807) is 36.4 Å². The summed E-state index contributed by atoms with van der Waals surface area (Å²) in [5.41, 5.74) is 1.06. The first-order chi connectivity index (χ1) is 13.8. The van der Waals surface area contributed by atoms with E-state index in [9.17, 15) is 18.9 Å². The molecule has 3 N–H and O–H groups in total. The first-order valence-electron chi connectivity index (χ1n) is 8.22. The van der Waals surface area contributed by atoms with Crippen molar-refractivity contribution < 1.29 is 18.9 Å². The molecule has 0 aliphatic rings. The lowest BCUT2D eigenvalue weighted by atomic mass is 10.1. The summed E-state index contributed by atoms with van der Waals surface area (Å²) in [7, 11) is -1.57. The average molecular weight is 538 g/mol. The van der Waals surface area contributed by atoms with Crippen LogP contribution in [0.25, 0.3) is 0 Å². The minimum absolute atomic E-state index is 0.0376. The van der Waals surface area contributed by atoms with Gasteiger partial charge < -0.3 is 15.1 Å². The molecule has 1 unspecified atom stereocenters. The van der Waals surface area contributed by atoms with Gasteiger partial charge in [-0.3, -0.25) is 4.79 Å². The van der Waals surface area contributed by atoms with Crippen LogP contribution in [-0.2, 0) is 11.0 Å². The van der Waals surface area contributed by atoms with Crippen LogP contribution < -0.4 is 10.0 Å². The van der Waals surface area contributed by atoms with Crippen molar-refractivity contribution in [3.8, 4) is 0 Å². The summed E-state index contributed by atoms with van der Waals surface area (Å²) in [5, 5.41) is 11.9.